The van der Waals surface area contributed by atoms with Crippen molar-refractivity contribution in [2.24, 2.45) is 11.1 Å². The Morgan fingerprint density at radius 1 is 1.43 bits per heavy atom. The van der Waals surface area contributed by atoms with Crippen LogP contribution in [0.3, 0.4) is 0 Å². The average Bonchev–Trinajstić information content (AvgIpc) is 2.90. The highest BCUT2D eigenvalue weighted by molar-refractivity contribution is 5.98. The van der Waals surface area contributed by atoms with Gasteiger partial charge >= 0.3 is 0 Å². The molecule has 1 heterocycles. The molecule has 1 aliphatic heterocycles. The van der Waals surface area contributed by atoms with E-state index in [0.717, 1.165) is 19.5 Å². The lowest BCUT2D eigenvalue weighted by molar-refractivity contribution is -0.120. The Morgan fingerprint density at radius 2 is 2.13 bits per heavy atom. The molecule has 1 amide bonds. The fourth-order valence-electron chi connectivity index (χ4n) is 2.79. The minimum absolute atomic E-state index is 0. The number of nitrogens with one attached hydrogen (secondary N) is 1. The number of likely N-dealkylation sites (tertiary alicyclic amines) is 1. The first-order valence-electron chi connectivity index (χ1n) is 7.71. The fraction of sp³-hybridized carbons (Fsp3) is 0.529. The summed E-state index contributed by atoms with van der Waals surface area (Å²) in [6, 6.07) is 6.81. The molecule has 3 N–H and O–H groups in total. The highest BCUT2D eigenvalue weighted by Gasteiger charge is 2.36. The zero-order valence-electron chi connectivity index (χ0n) is 14.0. The molecule has 0 spiro atoms. The van der Waals surface area contributed by atoms with Gasteiger partial charge in [-0.05, 0) is 50.9 Å². The normalized spacial score (nSPS) is 22.3. The van der Waals surface area contributed by atoms with Gasteiger partial charge in [-0.3, -0.25) is 14.5 Å². The maximum Gasteiger partial charge on any atom is 0.241 e. The van der Waals surface area contributed by atoms with Gasteiger partial charge in [-0.25, -0.2) is 0 Å². The van der Waals surface area contributed by atoms with Gasteiger partial charge in [0.25, 0.3) is 0 Å². The first kappa shape index (κ1) is 19.6. The number of nitrogens with zero attached hydrogens (tertiary/aromatic N) is 1. The van der Waals surface area contributed by atoms with Gasteiger partial charge in [0.15, 0.2) is 5.78 Å². The predicted molar refractivity (Wildman–Crippen MR) is 95.1 cm³/mol. The minimum Gasteiger partial charge on any atom is -0.330 e. The lowest BCUT2D eigenvalue weighted by atomic mass is 9.90. The van der Waals surface area contributed by atoms with Gasteiger partial charge in [0.05, 0.1) is 6.04 Å². The number of benzene rings is 1. The standard InChI is InChI=1S/C17H25N3O2.ClH/c1-12(20-8-7-17(3,10-18)11-20)16(22)19-15-6-4-5-14(9-15)13(2)21;/h4-6,9,12H,7-8,10-11,18H2,1-3H3,(H,19,22);1H. The predicted octanol–water partition coefficient (Wildman–Crippen LogP) is 2.31. The zero-order chi connectivity index (χ0) is 16.3. The molecular formula is C17H26ClN3O2. The zero-order valence-corrected chi connectivity index (χ0v) is 14.8. The van der Waals surface area contributed by atoms with E-state index in [0.29, 0.717) is 17.8 Å². The second kappa shape index (κ2) is 7.90. The number of hydrogen-bond donors (Lipinski definition) is 2. The molecule has 2 atom stereocenters. The second-order valence-electron chi connectivity index (χ2n) is 6.54. The summed E-state index contributed by atoms with van der Waals surface area (Å²) in [4.78, 5) is 26.0. The number of carbonyl (C=O) groups is 2. The third-order valence-corrected chi connectivity index (χ3v) is 4.54. The van der Waals surface area contributed by atoms with Gasteiger partial charge in [-0.15, -0.1) is 12.4 Å². The number of amides is 1. The van der Waals surface area contributed by atoms with Crippen LogP contribution >= 0.6 is 12.4 Å². The maximum atomic E-state index is 12.4. The van der Waals surface area contributed by atoms with Crippen LogP contribution in [0.1, 0.15) is 37.6 Å². The lowest BCUT2D eigenvalue weighted by Crippen LogP contribution is -2.42. The summed E-state index contributed by atoms with van der Waals surface area (Å²) in [6.07, 6.45) is 1.01. The molecular weight excluding hydrogens is 314 g/mol. The van der Waals surface area contributed by atoms with Crippen LogP contribution in [-0.4, -0.2) is 42.3 Å². The summed E-state index contributed by atoms with van der Waals surface area (Å²) in [7, 11) is 0. The van der Waals surface area contributed by atoms with E-state index in [4.69, 9.17) is 5.73 Å². The lowest BCUT2D eigenvalue weighted by Gasteiger charge is -2.26. The molecule has 2 rings (SSSR count). The van der Waals surface area contributed by atoms with E-state index in [2.05, 4.69) is 17.1 Å². The van der Waals surface area contributed by atoms with Crippen LogP contribution in [0.15, 0.2) is 24.3 Å². The van der Waals surface area contributed by atoms with Crippen LogP contribution in [0.5, 0.6) is 0 Å². The maximum absolute atomic E-state index is 12.4. The molecule has 1 saturated heterocycles. The molecule has 23 heavy (non-hydrogen) atoms. The van der Waals surface area contributed by atoms with E-state index in [1.165, 1.54) is 6.92 Å². The van der Waals surface area contributed by atoms with Crippen LogP contribution in [0.4, 0.5) is 5.69 Å². The Balaban J connectivity index is 0.00000264. The molecule has 2 unspecified atom stereocenters. The van der Waals surface area contributed by atoms with E-state index in [1.54, 1.807) is 24.3 Å². The van der Waals surface area contributed by atoms with E-state index < -0.39 is 0 Å². The minimum atomic E-state index is -0.214. The number of anilines is 1. The average molecular weight is 340 g/mol. The molecule has 0 aliphatic carbocycles. The van der Waals surface area contributed by atoms with Crippen LogP contribution in [0.2, 0.25) is 0 Å². The molecule has 0 aromatic heterocycles. The fourth-order valence-corrected chi connectivity index (χ4v) is 2.79. The number of rotatable bonds is 5. The topological polar surface area (TPSA) is 75.4 Å². The van der Waals surface area contributed by atoms with E-state index in [1.807, 2.05) is 6.92 Å². The van der Waals surface area contributed by atoms with Gasteiger partial charge in [0, 0.05) is 17.8 Å². The largest absolute Gasteiger partial charge is 0.330 e. The second-order valence-corrected chi connectivity index (χ2v) is 6.54. The summed E-state index contributed by atoms with van der Waals surface area (Å²) in [5, 5.41) is 2.90. The van der Waals surface area contributed by atoms with Crippen molar-refractivity contribution >= 4 is 29.8 Å². The highest BCUT2D eigenvalue weighted by atomic mass is 35.5. The monoisotopic (exact) mass is 339 g/mol. The van der Waals surface area contributed by atoms with Crippen molar-refractivity contribution in [1.82, 2.24) is 4.90 Å². The van der Waals surface area contributed by atoms with Crippen molar-refractivity contribution in [3.05, 3.63) is 29.8 Å². The SMILES string of the molecule is CC(=O)c1cccc(NC(=O)C(C)N2CCC(C)(CN)C2)c1.Cl. The van der Waals surface area contributed by atoms with Crippen molar-refractivity contribution in [3.63, 3.8) is 0 Å². The summed E-state index contributed by atoms with van der Waals surface area (Å²) < 4.78 is 0. The van der Waals surface area contributed by atoms with Gasteiger partial charge in [0.1, 0.15) is 0 Å². The first-order chi connectivity index (χ1) is 10.3. The molecule has 1 fully saturated rings. The Kier molecular flexibility index (Phi) is 6.74. The van der Waals surface area contributed by atoms with Crippen LogP contribution in [0.25, 0.3) is 0 Å². The number of Topliss-reactive ketones (excluding diaryl/α,β-unsaturated/α-hetero) is 1. The summed E-state index contributed by atoms with van der Waals surface area (Å²) >= 11 is 0. The van der Waals surface area contributed by atoms with Crippen LogP contribution in [-0.2, 0) is 4.79 Å². The number of carbonyl (C=O) groups excluding carboxylic acids is 2. The number of nitrogens with two attached hydrogens (primary N) is 1. The summed E-state index contributed by atoms with van der Waals surface area (Å²) in [5.74, 6) is -0.0654. The number of ketones is 1. The van der Waals surface area contributed by atoms with Gasteiger partial charge in [-0.1, -0.05) is 19.1 Å². The molecule has 0 saturated carbocycles. The third-order valence-electron chi connectivity index (χ3n) is 4.54. The quantitative estimate of drug-likeness (QED) is 0.807. The molecule has 1 aliphatic rings. The Bertz CT molecular complexity index is 579. The highest BCUT2D eigenvalue weighted by Crippen LogP contribution is 2.30. The van der Waals surface area contributed by atoms with E-state index >= 15 is 0 Å². The molecule has 1 aromatic rings. The molecule has 128 valence electrons. The van der Waals surface area contributed by atoms with Gasteiger partial charge < -0.3 is 11.1 Å². The van der Waals surface area contributed by atoms with Crippen molar-refractivity contribution in [2.75, 3.05) is 25.0 Å². The smallest absolute Gasteiger partial charge is 0.241 e. The molecule has 0 bridgehead atoms. The van der Waals surface area contributed by atoms with Gasteiger partial charge in [-0.2, -0.15) is 0 Å². The van der Waals surface area contributed by atoms with Crippen molar-refractivity contribution in [3.8, 4) is 0 Å². The Hall–Kier alpha value is -1.43. The van der Waals surface area contributed by atoms with Crippen LogP contribution < -0.4 is 11.1 Å². The van der Waals surface area contributed by atoms with E-state index in [-0.39, 0.29) is 35.6 Å². The van der Waals surface area contributed by atoms with Gasteiger partial charge in [0.2, 0.25) is 5.91 Å². The van der Waals surface area contributed by atoms with Crippen molar-refractivity contribution < 1.29 is 9.59 Å². The Labute approximate surface area is 144 Å². The summed E-state index contributed by atoms with van der Waals surface area (Å²) in [6.45, 7) is 7.95. The van der Waals surface area contributed by atoms with Crippen molar-refractivity contribution in [2.45, 2.75) is 33.2 Å². The van der Waals surface area contributed by atoms with E-state index in [9.17, 15) is 9.59 Å². The molecule has 1 aromatic carbocycles. The van der Waals surface area contributed by atoms with Crippen LogP contribution in [0, 0.1) is 5.41 Å². The summed E-state index contributed by atoms with van der Waals surface area (Å²) in [5.41, 5.74) is 7.17. The van der Waals surface area contributed by atoms with Crippen molar-refractivity contribution in [1.29, 1.82) is 0 Å². The Morgan fingerprint density at radius 3 is 2.70 bits per heavy atom. The number of halogens is 1. The first-order valence-corrected chi connectivity index (χ1v) is 7.71. The third kappa shape index (κ3) is 4.77. The molecule has 0 radical (unpaired) electrons. The number of hydrogen-bond acceptors (Lipinski definition) is 4. The molecule has 5 nitrogen and oxygen atoms in total. The molecule has 6 heteroatoms.